The lowest BCUT2D eigenvalue weighted by molar-refractivity contribution is 0.453. The largest absolute Gasteiger partial charge is 0.438 e. The van der Waals surface area contributed by atoms with Gasteiger partial charge in [-0.2, -0.15) is 0 Å². The number of hydrogen-bond acceptors (Lipinski definition) is 2. The first kappa shape index (κ1) is 15.5. The Bertz CT molecular complexity index is 615. The van der Waals surface area contributed by atoms with E-state index in [1.165, 1.54) is 12.1 Å². The van der Waals surface area contributed by atoms with Crippen molar-refractivity contribution in [1.29, 1.82) is 0 Å². The molecule has 0 aliphatic carbocycles. The molecule has 1 aromatic carbocycles. The van der Waals surface area contributed by atoms with Crippen molar-refractivity contribution in [3.05, 3.63) is 50.8 Å². The molecule has 0 spiro atoms. The van der Waals surface area contributed by atoms with Crippen LogP contribution in [0.15, 0.2) is 28.7 Å². The lowest BCUT2D eigenvalue weighted by atomic mass is 10.2. The van der Waals surface area contributed by atoms with E-state index >= 15 is 0 Å². The Hall–Kier alpha value is -0.840. The molecular formula is C14H11BrCl2FNO. The molecule has 1 aromatic heterocycles. The van der Waals surface area contributed by atoms with Gasteiger partial charge in [0.25, 0.3) is 0 Å². The average Bonchev–Trinajstić information content (AvgIpc) is 2.44. The van der Waals surface area contributed by atoms with Crippen LogP contribution in [0.1, 0.15) is 18.2 Å². The maximum Gasteiger partial charge on any atom is 0.219 e. The maximum absolute atomic E-state index is 13.5. The van der Waals surface area contributed by atoms with E-state index in [2.05, 4.69) is 20.9 Å². The predicted molar refractivity (Wildman–Crippen MR) is 82.4 cm³/mol. The highest BCUT2D eigenvalue weighted by Gasteiger charge is 2.10. The van der Waals surface area contributed by atoms with Crippen LogP contribution in [0.3, 0.4) is 0 Å². The van der Waals surface area contributed by atoms with Crippen molar-refractivity contribution in [3.63, 3.8) is 0 Å². The van der Waals surface area contributed by atoms with Gasteiger partial charge in [0.15, 0.2) is 0 Å². The Morgan fingerprint density at radius 3 is 2.70 bits per heavy atom. The van der Waals surface area contributed by atoms with E-state index in [0.29, 0.717) is 22.0 Å². The summed E-state index contributed by atoms with van der Waals surface area (Å²) in [5.41, 5.74) is 1.77. The number of hydrogen-bond donors (Lipinski definition) is 0. The standard InChI is InChI=1S/C14H11BrCl2FNO/c1-2-9-3-8(7-16)4-14(19-9)20-13-6-12(18)11(17)5-10(13)15/h3-6H,2,7H2,1H3. The fourth-order valence-corrected chi connectivity index (χ4v) is 2.50. The molecule has 0 unspecified atom stereocenters. The molecule has 0 saturated heterocycles. The van der Waals surface area contributed by atoms with E-state index < -0.39 is 5.82 Å². The molecule has 20 heavy (non-hydrogen) atoms. The molecule has 0 atom stereocenters. The molecule has 0 N–H and O–H groups in total. The summed E-state index contributed by atoms with van der Waals surface area (Å²) in [6, 6.07) is 6.30. The van der Waals surface area contributed by atoms with Gasteiger partial charge in [0, 0.05) is 23.7 Å². The average molecular weight is 379 g/mol. The van der Waals surface area contributed by atoms with E-state index in [1.54, 1.807) is 6.07 Å². The third-order valence-corrected chi connectivity index (χ3v) is 3.84. The minimum Gasteiger partial charge on any atom is -0.438 e. The second kappa shape index (κ2) is 6.74. The number of ether oxygens (including phenoxy) is 1. The number of pyridine rings is 1. The van der Waals surface area contributed by atoms with Crippen LogP contribution in [0.25, 0.3) is 0 Å². The van der Waals surface area contributed by atoms with Crippen molar-refractivity contribution in [3.8, 4) is 11.6 Å². The van der Waals surface area contributed by atoms with Crippen LogP contribution in [-0.4, -0.2) is 4.98 Å². The van der Waals surface area contributed by atoms with Gasteiger partial charge < -0.3 is 4.74 Å². The van der Waals surface area contributed by atoms with Gasteiger partial charge >= 0.3 is 0 Å². The molecule has 0 bridgehead atoms. The predicted octanol–water partition coefficient (Wildman–Crippen LogP) is 5.73. The Labute approximate surface area is 135 Å². The lowest BCUT2D eigenvalue weighted by Crippen LogP contribution is -1.96. The summed E-state index contributed by atoms with van der Waals surface area (Å²) >= 11 is 14.8. The van der Waals surface area contributed by atoms with Gasteiger partial charge in [0.2, 0.25) is 5.88 Å². The summed E-state index contributed by atoms with van der Waals surface area (Å²) in [7, 11) is 0. The van der Waals surface area contributed by atoms with Crippen LogP contribution in [0.4, 0.5) is 4.39 Å². The molecule has 2 aromatic rings. The molecule has 0 aliphatic heterocycles. The Morgan fingerprint density at radius 1 is 1.30 bits per heavy atom. The zero-order valence-corrected chi connectivity index (χ0v) is 13.7. The van der Waals surface area contributed by atoms with Gasteiger partial charge in [-0.15, -0.1) is 11.6 Å². The number of halogens is 4. The van der Waals surface area contributed by atoms with Gasteiger partial charge in [-0.1, -0.05) is 18.5 Å². The molecule has 2 nitrogen and oxygen atoms in total. The van der Waals surface area contributed by atoms with Crippen LogP contribution in [0.2, 0.25) is 5.02 Å². The second-order valence-corrected chi connectivity index (χ2v) is 5.62. The van der Waals surface area contributed by atoms with E-state index in [0.717, 1.165) is 17.7 Å². The SMILES string of the molecule is CCc1cc(CCl)cc(Oc2cc(F)c(Cl)cc2Br)n1. The fourth-order valence-electron chi connectivity index (χ4n) is 1.63. The number of nitrogens with zero attached hydrogens (tertiary/aromatic N) is 1. The van der Waals surface area contributed by atoms with Gasteiger partial charge in [-0.3, -0.25) is 0 Å². The summed E-state index contributed by atoms with van der Waals surface area (Å²) in [5, 5.41) is 0.0286. The van der Waals surface area contributed by atoms with Crippen molar-refractivity contribution >= 4 is 39.1 Å². The van der Waals surface area contributed by atoms with Gasteiger partial charge in [-0.05, 0) is 40.0 Å². The van der Waals surface area contributed by atoms with Crippen molar-refractivity contribution < 1.29 is 9.13 Å². The van der Waals surface area contributed by atoms with Crippen molar-refractivity contribution in [1.82, 2.24) is 4.98 Å². The zero-order valence-electron chi connectivity index (χ0n) is 10.6. The zero-order chi connectivity index (χ0) is 14.7. The summed E-state index contributed by atoms with van der Waals surface area (Å²) in [6.07, 6.45) is 0.761. The lowest BCUT2D eigenvalue weighted by Gasteiger charge is -2.10. The fraction of sp³-hybridized carbons (Fsp3) is 0.214. The molecule has 0 aliphatic rings. The summed E-state index contributed by atoms with van der Waals surface area (Å²) in [5.74, 6) is 0.506. The van der Waals surface area contributed by atoms with E-state index in [-0.39, 0.29) is 5.02 Å². The second-order valence-electron chi connectivity index (χ2n) is 4.09. The Kier molecular flexibility index (Phi) is 5.24. The van der Waals surface area contributed by atoms with Crippen LogP contribution < -0.4 is 4.74 Å². The molecule has 0 saturated carbocycles. The van der Waals surface area contributed by atoms with Crippen molar-refractivity contribution in [2.45, 2.75) is 19.2 Å². The minimum atomic E-state index is -0.547. The summed E-state index contributed by atoms with van der Waals surface area (Å²) < 4.78 is 19.6. The van der Waals surface area contributed by atoms with E-state index in [4.69, 9.17) is 27.9 Å². The maximum atomic E-state index is 13.5. The molecule has 0 fully saturated rings. The number of aryl methyl sites for hydroxylation is 1. The van der Waals surface area contributed by atoms with Crippen LogP contribution in [-0.2, 0) is 12.3 Å². The Balaban J connectivity index is 2.36. The third-order valence-electron chi connectivity index (χ3n) is 2.62. The van der Waals surface area contributed by atoms with Gasteiger partial charge in [0.05, 0.1) is 9.50 Å². The first-order valence-electron chi connectivity index (χ1n) is 5.91. The highest BCUT2D eigenvalue weighted by molar-refractivity contribution is 9.10. The first-order valence-corrected chi connectivity index (χ1v) is 7.62. The summed E-state index contributed by atoms with van der Waals surface area (Å²) in [4.78, 5) is 4.33. The van der Waals surface area contributed by atoms with Crippen molar-refractivity contribution in [2.24, 2.45) is 0 Å². The van der Waals surface area contributed by atoms with Crippen LogP contribution in [0.5, 0.6) is 11.6 Å². The molecule has 1 heterocycles. The van der Waals surface area contributed by atoms with E-state index in [1.807, 2.05) is 13.0 Å². The summed E-state index contributed by atoms with van der Waals surface area (Å²) in [6.45, 7) is 1.99. The van der Waals surface area contributed by atoms with E-state index in [9.17, 15) is 4.39 Å². The minimum absolute atomic E-state index is 0.0286. The molecule has 106 valence electrons. The topological polar surface area (TPSA) is 22.1 Å². The normalized spacial score (nSPS) is 10.7. The highest BCUT2D eigenvalue weighted by Crippen LogP contribution is 2.33. The molecule has 0 radical (unpaired) electrons. The highest BCUT2D eigenvalue weighted by atomic mass is 79.9. The number of alkyl halides is 1. The molecular weight excluding hydrogens is 368 g/mol. The molecule has 6 heteroatoms. The number of rotatable bonds is 4. The van der Waals surface area contributed by atoms with Gasteiger partial charge in [0.1, 0.15) is 11.6 Å². The van der Waals surface area contributed by atoms with Crippen LogP contribution in [0, 0.1) is 5.82 Å². The Morgan fingerprint density at radius 2 is 2.05 bits per heavy atom. The third kappa shape index (κ3) is 3.62. The quantitative estimate of drug-likeness (QED) is 0.500. The van der Waals surface area contributed by atoms with Gasteiger partial charge in [-0.25, -0.2) is 9.37 Å². The molecule has 2 rings (SSSR count). The van der Waals surface area contributed by atoms with Crippen molar-refractivity contribution in [2.75, 3.05) is 0 Å². The smallest absolute Gasteiger partial charge is 0.219 e. The first-order chi connectivity index (χ1) is 9.53. The molecule has 0 amide bonds. The monoisotopic (exact) mass is 377 g/mol. The number of benzene rings is 1. The van der Waals surface area contributed by atoms with Crippen LogP contribution >= 0.6 is 39.1 Å². The number of aromatic nitrogens is 1.